The summed E-state index contributed by atoms with van der Waals surface area (Å²) in [6.07, 6.45) is 1.34. The van der Waals surface area contributed by atoms with Crippen LogP contribution in [-0.4, -0.2) is 70.8 Å². The van der Waals surface area contributed by atoms with Crippen LogP contribution in [0.2, 0.25) is 0 Å². The number of carbonyl (C=O) groups excluding carboxylic acids is 2. The molecule has 1 atom stereocenters. The average molecular weight is 550 g/mol. The van der Waals surface area contributed by atoms with Gasteiger partial charge in [-0.2, -0.15) is 0 Å². The van der Waals surface area contributed by atoms with Gasteiger partial charge in [0.25, 0.3) is 0 Å². The molecule has 1 N–H and O–H groups in total. The molecule has 0 saturated heterocycles. The second kappa shape index (κ2) is 12.9. The molecule has 0 heterocycles. The molecule has 0 bridgehead atoms. The molecule has 0 spiro atoms. The van der Waals surface area contributed by atoms with E-state index in [1.165, 1.54) is 31.3 Å². The first-order valence-electron chi connectivity index (χ1n) is 12.2. The number of amides is 2. The first-order valence-corrected chi connectivity index (χ1v) is 14.0. The number of rotatable bonds is 12. The molecule has 0 saturated carbocycles. The van der Waals surface area contributed by atoms with Crippen LogP contribution in [0.5, 0.6) is 17.2 Å². The Labute approximate surface area is 225 Å². The minimum absolute atomic E-state index is 0.0729. The smallest absolute Gasteiger partial charge is 0.244 e. The fourth-order valence-corrected chi connectivity index (χ4v) is 4.78. The van der Waals surface area contributed by atoms with E-state index in [2.05, 4.69) is 5.32 Å². The monoisotopic (exact) mass is 549 g/mol. The zero-order valence-electron chi connectivity index (χ0n) is 23.4. The highest BCUT2D eigenvalue weighted by Crippen LogP contribution is 2.34. The second-order valence-electron chi connectivity index (χ2n) is 9.84. The molecule has 0 aromatic heterocycles. The van der Waals surface area contributed by atoms with E-state index in [4.69, 9.17) is 14.2 Å². The van der Waals surface area contributed by atoms with Gasteiger partial charge in [0.2, 0.25) is 21.8 Å². The van der Waals surface area contributed by atoms with Gasteiger partial charge in [0, 0.05) is 18.2 Å². The number of methoxy groups -OCH3 is 3. The van der Waals surface area contributed by atoms with Crippen molar-refractivity contribution in [2.45, 2.75) is 52.2 Å². The van der Waals surface area contributed by atoms with Crippen molar-refractivity contribution in [3.8, 4) is 17.2 Å². The Bertz CT molecular complexity index is 1230. The summed E-state index contributed by atoms with van der Waals surface area (Å²) < 4.78 is 42.7. The van der Waals surface area contributed by atoms with Gasteiger partial charge < -0.3 is 24.4 Å². The van der Waals surface area contributed by atoms with Crippen molar-refractivity contribution in [2.24, 2.45) is 0 Å². The van der Waals surface area contributed by atoms with Crippen molar-refractivity contribution in [1.29, 1.82) is 0 Å². The quantitative estimate of drug-likeness (QED) is 0.432. The van der Waals surface area contributed by atoms with Crippen LogP contribution in [0.3, 0.4) is 0 Å². The first-order chi connectivity index (χ1) is 17.7. The molecule has 0 aliphatic rings. The summed E-state index contributed by atoms with van der Waals surface area (Å²) in [5.74, 6) is 0.411. The summed E-state index contributed by atoms with van der Waals surface area (Å²) in [5, 5.41) is 2.94. The predicted octanol–water partition coefficient (Wildman–Crippen LogP) is 3.20. The van der Waals surface area contributed by atoms with Gasteiger partial charge in [-0.05, 0) is 57.0 Å². The van der Waals surface area contributed by atoms with Gasteiger partial charge in [0.1, 0.15) is 29.8 Å². The highest BCUT2D eigenvalue weighted by Gasteiger charge is 2.33. The van der Waals surface area contributed by atoms with Crippen molar-refractivity contribution < 1.29 is 32.2 Å². The van der Waals surface area contributed by atoms with Crippen molar-refractivity contribution >= 4 is 27.5 Å². The lowest BCUT2D eigenvalue weighted by molar-refractivity contribution is -0.141. The van der Waals surface area contributed by atoms with Crippen LogP contribution in [0, 0.1) is 0 Å². The fourth-order valence-electron chi connectivity index (χ4n) is 3.93. The zero-order valence-corrected chi connectivity index (χ0v) is 24.2. The molecule has 0 radical (unpaired) electrons. The highest BCUT2D eigenvalue weighted by atomic mass is 32.2. The Morgan fingerprint density at radius 1 is 0.974 bits per heavy atom. The van der Waals surface area contributed by atoms with Crippen LogP contribution >= 0.6 is 0 Å². The Morgan fingerprint density at radius 3 is 2.13 bits per heavy atom. The maximum atomic E-state index is 13.9. The van der Waals surface area contributed by atoms with E-state index < -0.39 is 34.1 Å². The van der Waals surface area contributed by atoms with Gasteiger partial charge in [-0.25, -0.2) is 8.42 Å². The molecule has 2 rings (SSSR count). The fraction of sp³-hybridized carbons (Fsp3) is 0.481. The molecule has 1 unspecified atom stereocenters. The molecule has 0 aliphatic heterocycles. The topological polar surface area (TPSA) is 114 Å². The molecule has 0 fully saturated rings. The Morgan fingerprint density at radius 2 is 1.61 bits per heavy atom. The summed E-state index contributed by atoms with van der Waals surface area (Å²) in [4.78, 5) is 28.6. The minimum atomic E-state index is -3.92. The maximum Gasteiger partial charge on any atom is 0.244 e. The van der Waals surface area contributed by atoms with Crippen LogP contribution < -0.4 is 23.8 Å². The summed E-state index contributed by atoms with van der Waals surface area (Å²) in [6, 6.07) is 11.0. The van der Waals surface area contributed by atoms with Gasteiger partial charge >= 0.3 is 0 Å². The average Bonchev–Trinajstić information content (AvgIpc) is 2.85. The van der Waals surface area contributed by atoms with Gasteiger partial charge in [-0.1, -0.05) is 19.1 Å². The predicted molar refractivity (Wildman–Crippen MR) is 147 cm³/mol. The largest absolute Gasteiger partial charge is 0.497 e. The van der Waals surface area contributed by atoms with Crippen LogP contribution in [-0.2, 0) is 26.2 Å². The third-order valence-corrected chi connectivity index (χ3v) is 6.83. The summed E-state index contributed by atoms with van der Waals surface area (Å²) >= 11 is 0. The van der Waals surface area contributed by atoms with Crippen molar-refractivity contribution in [1.82, 2.24) is 10.2 Å². The van der Waals surface area contributed by atoms with Gasteiger partial charge in [0.15, 0.2) is 0 Å². The molecule has 210 valence electrons. The highest BCUT2D eigenvalue weighted by molar-refractivity contribution is 7.92. The summed E-state index contributed by atoms with van der Waals surface area (Å²) in [5.41, 5.74) is 0.384. The lowest BCUT2D eigenvalue weighted by atomic mass is 10.1. The van der Waals surface area contributed by atoms with Crippen LogP contribution in [0.25, 0.3) is 0 Å². The number of benzene rings is 2. The minimum Gasteiger partial charge on any atom is -0.497 e. The standard InChI is InChI=1S/C27H39N3O7S/c1-9-22(26(32)28-27(2,3)4)29(17-19-11-10-12-20(15-19)35-5)25(31)18-30(38(8,33)34)23-14-13-21(36-6)16-24(23)37-7/h10-16,22H,9,17-18H2,1-8H3,(H,28,32). The number of nitrogens with one attached hydrogen (secondary N) is 1. The van der Waals surface area contributed by atoms with Crippen LogP contribution in [0.1, 0.15) is 39.7 Å². The number of ether oxygens (including phenoxy) is 3. The third kappa shape index (κ3) is 8.27. The van der Waals surface area contributed by atoms with E-state index in [-0.39, 0.29) is 23.9 Å². The lowest BCUT2D eigenvalue weighted by Crippen LogP contribution is -2.55. The number of anilines is 1. The summed E-state index contributed by atoms with van der Waals surface area (Å²) in [6.45, 7) is 6.90. The maximum absolute atomic E-state index is 13.9. The Hall–Kier alpha value is -3.47. The van der Waals surface area contributed by atoms with Crippen LogP contribution in [0.4, 0.5) is 5.69 Å². The number of hydrogen-bond donors (Lipinski definition) is 1. The third-order valence-electron chi connectivity index (χ3n) is 5.71. The van der Waals surface area contributed by atoms with Gasteiger partial charge in [-0.15, -0.1) is 0 Å². The number of sulfonamides is 1. The molecule has 2 aromatic rings. The van der Waals surface area contributed by atoms with E-state index in [0.29, 0.717) is 17.9 Å². The second-order valence-corrected chi connectivity index (χ2v) is 11.8. The van der Waals surface area contributed by atoms with Crippen molar-refractivity contribution in [3.05, 3.63) is 48.0 Å². The molecular formula is C27H39N3O7S. The normalized spacial score (nSPS) is 12.3. The summed E-state index contributed by atoms with van der Waals surface area (Å²) in [7, 11) is 0.507. The van der Waals surface area contributed by atoms with Crippen molar-refractivity contribution in [3.63, 3.8) is 0 Å². The number of nitrogens with zero attached hydrogens (tertiary/aromatic N) is 2. The van der Waals surface area contributed by atoms with E-state index in [1.54, 1.807) is 38.3 Å². The van der Waals surface area contributed by atoms with Gasteiger partial charge in [-0.3, -0.25) is 13.9 Å². The molecule has 11 heteroatoms. The van der Waals surface area contributed by atoms with E-state index in [1.807, 2.05) is 26.8 Å². The van der Waals surface area contributed by atoms with Crippen LogP contribution in [0.15, 0.2) is 42.5 Å². The molecule has 0 aliphatic carbocycles. The molecular weight excluding hydrogens is 510 g/mol. The lowest BCUT2D eigenvalue weighted by Gasteiger charge is -2.34. The molecule has 2 amide bonds. The Kier molecular flexibility index (Phi) is 10.4. The van der Waals surface area contributed by atoms with Gasteiger partial charge in [0.05, 0.1) is 33.3 Å². The van der Waals surface area contributed by atoms with Crippen molar-refractivity contribution in [2.75, 3.05) is 38.4 Å². The van der Waals surface area contributed by atoms with E-state index in [0.717, 1.165) is 16.1 Å². The first kappa shape index (κ1) is 30.8. The molecule has 10 nitrogen and oxygen atoms in total. The zero-order chi connectivity index (χ0) is 28.7. The Balaban J connectivity index is 2.54. The number of carbonyl (C=O) groups is 2. The molecule has 38 heavy (non-hydrogen) atoms. The number of hydrogen-bond acceptors (Lipinski definition) is 7. The van der Waals surface area contributed by atoms with E-state index >= 15 is 0 Å². The molecule has 2 aromatic carbocycles. The SMILES string of the molecule is CCC(C(=O)NC(C)(C)C)N(Cc1cccc(OC)c1)C(=O)CN(c1ccc(OC)cc1OC)S(C)(=O)=O. The van der Waals surface area contributed by atoms with E-state index in [9.17, 15) is 18.0 Å².